The molecule has 4 N–H and O–H groups in total. The molecule has 3 aliphatic rings. The van der Waals surface area contributed by atoms with Crippen molar-refractivity contribution in [2.75, 3.05) is 26.7 Å². The first-order chi connectivity index (χ1) is 25.9. The van der Waals surface area contributed by atoms with Gasteiger partial charge in [0.15, 0.2) is 5.03 Å². The number of hydrogen-bond acceptors (Lipinski definition) is 8. The van der Waals surface area contributed by atoms with Gasteiger partial charge in [-0.05, 0) is 66.9 Å². The van der Waals surface area contributed by atoms with Gasteiger partial charge in [-0.1, -0.05) is 65.5 Å². The normalized spacial score (nSPS) is 22.3. The first kappa shape index (κ1) is 43.4. The second-order valence-corrected chi connectivity index (χ2v) is 18.6. The number of terminal acetylenes is 1. The molecule has 5 amide bonds. The molecule has 4 rings (SSSR count). The van der Waals surface area contributed by atoms with E-state index in [0.29, 0.717) is 25.8 Å². The maximum Gasteiger partial charge on any atom is 0.315 e. The Kier molecular flexibility index (Phi) is 14.7. The molecule has 0 radical (unpaired) electrons. The third-order valence-electron chi connectivity index (χ3n) is 11.6. The molecule has 55 heavy (non-hydrogen) atoms. The summed E-state index contributed by atoms with van der Waals surface area (Å²) in [5.41, 5.74) is -1.22. The van der Waals surface area contributed by atoms with E-state index in [0.717, 1.165) is 36.4 Å². The number of rotatable bonds is 16. The van der Waals surface area contributed by atoms with Crippen LogP contribution in [0.5, 0.6) is 0 Å². The van der Waals surface area contributed by atoms with Crippen LogP contribution in [-0.2, 0) is 29.2 Å². The summed E-state index contributed by atoms with van der Waals surface area (Å²) in [6, 6.07) is 0.238. The van der Waals surface area contributed by atoms with Crippen molar-refractivity contribution in [2.45, 2.75) is 121 Å². The van der Waals surface area contributed by atoms with Gasteiger partial charge in [-0.3, -0.25) is 19.2 Å². The number of nitrogens with zero attached hydrogens (tertiary/aromatic N) is 3. The zero-order valence-electron chi connectivity index (χ0n) is 32.9. The summed E-state index contributed by atoms with van der Waals surface area (Å²) < 4.78 is 27.8. The minimum Gasteiger partial charge on any atom is -0.346 e. The average Bonchev–Trinajstić information content (AvgIpc) is 3.76. The molecule has 0 aromatic carbocycles. The van der Waals surface area contributed by atoms with Crippen LogP contribution in [-0.4, -0.2) is 103 Å². The minimum absolute atomic E-state index is 0.0487. The van der Waals surface area contributed by atoms with Crippen molar-refractivity contribution >= 4 is 39.6 Å². The molecule has 1 aromatic rings. The fourth-order valence-electron chi connectivity index (χ4n) is 8.26. The van der Waals surface area contributed by atoms with Crippen LogP contribution >= 0.6 is 0 Å². The number of carbonyl (C=O) groups is 5. The Bertz CT molecular complexity index is 1720. The van der Waals surface area contributed by atoms with E-state index >= 15 is 0 Å². The van der Waals surface area contributed by atoms with Gasteiger partial charge in [-0.2, -0.15) is 4.31 Å². The van der Waals surface area contributed by atoms with Crippen LogP contribution in [0.25, 0.3) is 0 Å². The lowest BCUT2D eigenvalue weighted by molar-refractivity contribution is -0.145. The third-order valence-corrected chi connectivity index (χ3v) is 13.3. The molecule has 1 aliphatic heterocycles. The minimum atomic E-state index is -3.96. The molecule has 0 spiro atoms. The molecular formula is C40H59N7O7S. The maximum absolute atomic E-state index is 14.9. The summed E-state index contributed by atoms with van der Waals surface area (Å²) in [6.45, 7) is 11.6. The Labute approximate surface area is 326 Å². The fraction of sp³-hybridized carbons (Fsp3) is 0.650. The molecule has 2 aliphatic carbocycles. The van der Waals surface area contributed by atoms with E-state index in [1.165, 1.54) is 25.4 Å². The molecule has 3 fully saturated rings. The Hall–Kier alpha value is -4.29. The summed E-state index contributed by atoms with van der Waals surface area (Å²) >= 11 is 0. The highest BCUT2D eigenvalue weighted by molar-refractivity contribution is 7.89. The first-order valence-electron chi connectivity index (χ1n) is 19.4. The largest absolute Gasteiger partial charge is 0.346 e. The van der Waals surface area contributed by atoms with Gasteiger partial charge in [0.05, 0.1) is 6.04 Å². The van der Waals surface area contributed by atoms with Crippen LogP contribution in [0.4, 0.5) is 4.79 Å². The number of amides is 5. The zero-order valence-corrected chi connectivity index (χ0v) is 33.8. The van der Waals surface area contributed by atoms with Crippen LogP contribution in [0.2, 0.25) is 0 Å². The molecule has 1 unspecified atom stereocenters. The van der Waals surface area contributed by atoms with Gasteiger partial charge < -0.3 is 26.2 Å². The number of carbonyl (C=O) groups excluding carboxylic acids is 5. The van der Waals surface area contributed by atoms with Gasteiger partial charge in [0.2, 0.25) is 17.6 Å². The summed E-state index contributed by atoms with van der Waals surface area (Å²) in [5, 5.41) is 11.1. The summed E-state index contributed by atoms with van der Waals surface area (Å²) in [6.07, 6.45) is 15.0. The summed E-state index contributed by atoms with van der Waals surface area (Å²) in [7, 11) is -2.52. The highest BCUT2D eigenvalue weighted by Crippen LogP contribution is 2.45. The van der Waals surface area contributed by atoms with Gasteiger partial charge in [0.1, 0.15) is 12.1 Å². The number of sulfonamides is 1. The molecule has 15 heteroatoms. The number of ketones is 1. The molecule has 1 aromatic heterocycles. The maximum atomic E-state index is 14.9. The van der Waals surface area contributed by atoms with Crippen molar-refractivity contribution in [3.63, 3.8) is 0 Å². The standard InChI is InChI=1S/C40H59N7O7S/c1-8-10-19-29(33(48)36(50)42-23-9-2)43-35(49)32-28-18-16-17-27(28)25-47(32)37(51)34(40(6)21-13-11-14-22-40)45-38(52)44-30(39(3,4)5)26-46(7)55(53,54)31-20-12-15-24-41-31/h1,9,12,15,20,24,27-30,32,34H,2,10-11,13-14,16-19,21-23,25-26H2,3-7H3,(H,42,50)(H,43,49)(H2,44,45,52)/t27-,28-,29?,30+,32-,34+/m0/s1. The second-order valence-electron chi connectivity index (χ2n) is 16.6. The Morgan fingerprint density at radius 2 is 1.80 bits per heavy atom. The van der Waals surface area contributed by atoms with Crippen molar-refractivity contribution < 1.29 is 32.4 Å². The highest BCUT2D eigenvalue weighted by atomic mass is 32.2. The molecule has 302 valence electrons. The van der Waals surface area contributed by atoms with Crippen LogP contribution in [0.3, 0.4) is 0 Å². The second kappa shape index (κ2) is 18.6. The number of urea groups is 1. The van der Waals surface area contributed by atoms with Crippen LogP contribution < -0.4 is 21.3 Å². The molecule has 2 saturated carbocycles. The van der Waals surface area contributed by atoms with Gasteiger partial charge >= 0.3 is 6.03 Å². The summed E-state index contributed by atoms with van der Waals surface area (Å²) in [5.74, 6) is -0.239. The predicted molar refractivity (Wildman–Crippen MR) is 208 cm³/mol. The Morgan fingerprint density at radius 1 is 1.09 bits per heavy atom. The third kappa shape index (κ3) is 10.5. The van der Waals surface area contributed by atoms with Crippen LogP contribution in [0, 0.1) is 35.0 Å². The monoisotopic (exact) mass is 781 g/mol. The molecule has 2 heterocycles. The number of fused-ring (bicyclic) bond motifs is 1. The van der Waals surface area contributed by atoms with Gasteiger partial charge in [-0.25, -0.2) is 18.2 Å². The molecule has 6 atom stereocenters. The Balaban J connectivity index is 1.60. The lowest BCUT2D eigenvalue weighted by Gasteiger charge is -2.43. The van der Waals surface area contributed by atoms with E-state index < -0.39 is 68.6 Å². The van der Waals surface area contributed by atoms with E-state index in [1.54, 1.807) is 17.0 Å². The topological polar surface area (TPSA) is 187 Å². The van der Waals surface area contributed by atoms with E-state index in [9.17, 15) is 32.4 Å². The SMILES string of the molecule is C#CCCC(NC(=O)[C@@H]1[C@H]2CCC[C@H]2CN1C(=O)[C@@H](NC(=O)N[C@H](CN(C)S(=O)(=O)c1ccccn1)C(C)(C)C)C1(C)CCCCC1)C(=O)C(=O)NCC=C. The number of nitrogens with one attached hydrogen (secondary N) is 4. The smallest absolute Gasteiger partial charge is 0.315 e. The zero-order chi connectivity index (χ0) is 40.6. The number of likely N-dealkylation sites (tertiary alicyclic amines) is 1. The van der Waals surface area contributed by atoms with E-state index in [2.05, 4.69) is 38.8 Å². The fourth-order valence-corrected chi connectivity index (χ4v) is 9.37. The van der Waals surface area contributed by atoms with E-state index in [1.807, 2.05) is 27.7 Å². The highest BCUT2D eigenvalue weighted by Gasteiger charge is 2.53. The Morgan fingerprint density at radius 3 is 2.42 bits per heavy atom. The number of Topliss-reactive ketones (excluding diaryl/α,β-unsaturated/α-hetero) is 1. The van der Waals surface area contributed by atoms with Crippen molar-refractivity contribution in [1.29, 1.82) is 0 Å². The van der Waals surface area contributed by atoms with Crippen LogP contribution in [0.15, 0.2) is 42.1 Å². The van der Waals surface area contributed by atoms with Crippen molar-refractivity contribution in [3.8, 4) is 12.3 Å². The van der Waals surface area contributed by atoms with E-state index in [-0.39, 0.29) is 48.7 Å². The molecule has 0 bridgehead atoms. The lowest BCUT2D eigenvalue weighted by Crippen LogP contribution is -2.63. The number of pyridine rings is 1. The van der Waals surface area contributed by atoms with Crippen molar-refractivity contribution in [2.24, 2.45) is 22.7 Å². The predicted octanol–water partition coefficient (Wildman–Crippen LogP) is 3.15. The van der Waals surface area contributed by atoms with Crippen LogP contribution in [0.1, 0.15) is 91.9 Å². The quantitative estimate of drug-likeness (QED) is 0.112. The average molecular weight is 782 g/mol. The molecular weight excluding hydrogens is 723 g/mol. The van der Waals surface area contributed by atoms with E-state index in [4.69, 9.17) is 6.42 Å². The number of aromatic nitrogens is 1. The molecule has 14 nitrogen and oxygen atoms in total. The first-order valence-corrected chi connectivity index (χ1v) is 20.8. The molecule has 1 saturated heterocycles. The van der Waals surface area contributed by atoms with Gasteiger partial charge in [0, 0.05) is 45.3 Å². The van der Waals surface area contributed by atoms with Gasteiger partial charge in [0.25, 0.3) is 15.9 Å². The van der Waals surface area contributed by atoms with Gasteiger partial charge in [-0.15, -0.1) is 18.9 Å². The lowest BCUT2D eigenvalue weighted by atomic mass is 9.70. The summed E-state index contributed by atoms with van der Waals surface area (Å²) in [4.78, 5) is 74.6. The van der Waals surface area contributed by atoms with Crippen molar-refractivity contribution in [3.05, 3.63) is 37.1 Å². The van der Waals surface area contributed by atoms with Crippen molar-refractivity contribution in [1.82, 2.24) is 35.5 Å². The number of likely N-dealkylation sites (N-methyl/N-ethyl adjacent to an activating group) is 1. The number of hydrogen-bond donors (Lipinski definition) is 4.